The van der Waals surface area contributed by atoms with Gasteiger partial charge in [0, 0.05) is 52.2 Å². The summed E-state index contributed by atoms with van der Waals surface area (Å²) in [6.45, 7) is 9.02. The van der Waals surface area contributed by atoms with Crippen molar-refractivity contribution in [2.24, 2.45) is 10.9 Å². The third-order valence-electron chi connectivity index (χ3n) is 3.84. The highest BCUT2D eigenvalue weighted by molar-refractivity contribution is 14.0. The smallest absolute Gasteiger partial charge is 0.222 e. The van der Waals surface area contributed by atoms with Crippen molar-refractivity contribution < 1.29 is 4.79 Å². The number of nitrogens with one attached hydrogen (secondary N) is 2. The summed E-state index contributed by atoms with van der Waals surface area (Å²) in [5, 5.41) is 9.69. The molecule has 136 valence electrons. The average Bonchev–Trinajstić information content (AvgIpc) is 3.09. The number of aliphatic imine (C=N–C) groups is 1. The molecule has 0 aromatic carbocycles. The Kier molecular flexibility index (Phi) is 9.42. The monoisotopic (exact) mass is 465 g/mol. The van der Waals surface area contributed by atoms with Gasteiger partial charge in [-0.3, -0.25) is 9.79 Å². The van der Waals surface area contributed by atoms with Gasteiger partial charge >= 0.3 is 0 Å². The molecule has 8 heteroatoms. The summed E-state index contributed by atoms with van der Waals surface area (Å²) in [5.74, 6) is 1.03. The van der Waals surface area contributed by atoms with E-state index in [1.807, 2.05) is 13.8 Å². The van der Waals surface area contributed by atoms with Crippen LogP contribution in [0.25, 0.3) is 0 Å². The van der Waals surface area contributed by atoms with Crippen LogP contribution in [0.4, 0.5) is 5.00 Å². The SMILES string of the molecule is CN=C(NCCNC(=O)C(C)C)N1CCN(c2cccs2)CC1.I. The zero-order valence-electron chi connectivity index (χ0n) is 14.6. The molecule has 0 atom stereocenters. The summed E-state index contributed by atoms with van der Waals surface area (Å²) in [6.07, 6.45) is 0. The van der Waals surface area contributed by atoms with Crippen LogP contribution in [0.1, 0.15) is 13.8 Å². The lowest BCUT2D eigenvalue weighted by Gasteiger charge is -2.37. The predicted octanol–water partition coefficient (Wildman–Crippen LogP) is 1.84. The number of piperazine rings is 1. The van der Waals surface area contributed by atoms with Gasteiger partial charge in [-0.1, -0.05) is 13.8 Å². The molecule has 24 heavy (non-hydrogen) atoms. The molecule has 0 saturated carbocycles. The van der Waals surface area contributed by atoms with E-state index >= 15 is 0 Å². The first-order chi connectivity index (χ1) is 11.1. The van der Waals surface area contributed by atoms with E-state index in [9.17, 15) is 4.79 Å². The molecule has 0 radical (unpaired) electrons. The minimum atomic E-state index is 0. The van der Waals surface area contributed by atoms with Crippen LogP contribution in [0.3, 0.4) is 0 Å². The largest absolute Gasteiger partial charge is 0.360 e. The number of thiophene rings is 1. The van der Waals surface area contributed by atoms with Gasteiger partial charge in [0.15, 0.2) is 5.96 Å². The fourth-order valence-corrected chi connectivity index (χ4v) is 3.27. The number of anilines is 1. The highest BCUT2D eigenvalue weighted by atomic mass is 127. The van der Waals surface area contributed by atoms with Crippen LogP contribution in [0.2, 0.25) is 0 Å². The first-order valence-electron chi connectivity index (χ1n) is 8.13. The molecule has 1 aromatic rings. The molecule has 1 saturated heterocycles. The van der Waals surface area contributed by atoms with E-state index in [-0.39, 0.29) is 35.8 Å². The molecule has 0 bridgehead atoms. The molecule has 2 heterocycles. The summed E-state index contributed by atoms with van der Waals surface area (Å²) in [4.78, 5) is 20.6. The lowest BCUT2D eigenvalue weighted by atomic mass is 10.2. The molecular weight excluding hydrogens is 437 g/mol. The summed E-state index contributed by atoms with van der Waals surface area (Å²) < 4.78 is 0. The van der Waals surface area contributed by atoms with Gasteiger partial charge < -0.3 is 20.4 Å². The Morgan fingerprint density at radius 1 is 1.25 bits per heavy atom. The van der Waals surface area contributed by atoms with Gasteiger partial charge in [0.2, 0.25) is 5.91 Å². The highest BCUT2D eigenvalue weighted by Gasteiger charge is 2.20. The number of halogens is 1. The number of amides is 1. The van der Waals surface area contributed by atoms with Crippen LogP contribution in [0.15, 0.2) is 22.5 Å². The average molecular weight is 465 g/mol. The Morgan fingerprint density at radius 2 is 1.92 bits per heavy atom. The first kappa shape index (κ1) is 21.0. The van der Waals surface area contributed by atoms with Crippen LogP contribution in [0, 0.1) is 5.92 Å². The van der Waals surface area contributed by atoms with Gasteiger partial charge in [-0.2, -0.15) is 0 Å². The van der Waals surface area contributed by atoms with E-state index in [4.69, 9.17) is 0 Å². The van der Waals surface area contributed by atoms with E-state index in [2.05, 4.69) is 42.9 Å². The molecular formula is C16H28IN5OS. The maximum Gasteiger partial charge on any atom is 0.222 e. The van der Waals surface area contributed by atoms with Gasteiger partial charge in [0.05, 0.1) is 5.00 Å². The van der Waals surface area contributed by atoms with E-state index in [0.29, 0.717) is 13.1 Å². The number of nitrogens with zero attached hydrogens (tertiary/aromatic N) is 3. The van der Waals surface area contributed by atoms with Crippen LogP contribution in [-0.4, -0.2) is 63.1 Å². The van der Waals surface area contributed by atoms with Crippen LogP contribution >= 0.6 is 35.3 Å². The number of carbonyl (C=O) groups is 1. The fraction of sp³-hybridized carbons (Fsp3) is 0.625. The molecule has 1 fully saturated rings. The van der Waals surface area contributed by atoms with E-state index in [1.165, 1.54) is 5.00 Å². The van der Waals surface area contributed by atoms with E-state index in [1.54, 1.807) is 18.4 Å². The van der Waals surface area contributed by atoms with Crippen molar-refractivity contribution in [3.8, 4) is 0 Å². The first-order valence-corrected chi connectivity index (χ1v) is 9.01. The zero-order valence-corrected chi connectivity index (χ0v) is 17.8. The summed E-state index contributed by atoms with van der Waals surface area (Å²) in [7, 11) is 1.81. The minimum Gasteiger partial charge on any atom is -0.360 e. The van der Waals surface area contributed by atoms with Gasteiger partial charge in [-0.05, 0) is 17.5 Å². The molecule has 6 nitrogen and oxygen atoms in total. The van der Waals surface area contributed by atoms with Crippen molar-refractivity contribution in [1.29, 1.82) is 0 Å². The Labute approximate surface area is 165 Å². The second-order valence-corrected chi connectivity index (χ2v) is 6.77. The van der Waals surface area contributed by atoms with Gasteiger partial charge in [-0.15, -0.1) is 35.3 Å². The maximum absolute atomic E-state index is 11.5. The molecule has 1 amide bonds. The second kappa shape index (κ2) is 10.8. The van der Waals surface area contributed by atoms with Crippen molar-refractivity contribution in [2.75, 3.05) is 51.2 Å². The molecule has 0 aliphatic carbocycles. The van der Waals surface area contributed by atoms with Crippen molar-refractivity contribution in [3.63, 3.8) is 0 Å². The Hall–Kier alpha value is -1.03. The second-order valence-electron chi connectivity index (χ2n) is 5.85. The van der Waals surface area contributed by atoms with Crippen molar-refractivity contribution in [1.82, 2.24) is 15.5 Å². The third kappa shape index (κ3) is 6.12. The van der Waals surface area contributed by atoms with Crippen LogP contribution in [-0.2, 0) is 4.79 Å². The quantitative estimate of drug-likeness (QED) is 0.302. The Morgan fingerprint density at radius 3 is 2.46 bits per heavy atom. The Bertz CT molecular complexity index is 513. The lowest BCUT2D eigenvalue weighted by molar-refractivity contribution is -0.123. The van der Waals surface area contributed by atoms with E-state index in [0.717, 1.165) is 32.1 Å². The number of hydrogen-bond donors (Lipinski definition) is 2. The fourth-order valence-electron chi connectivity index (χ4n) is 2.48. The molecule has 0 spiro atoms. The van der Waals surface area contributed by atoms with Crippen LogP contribution in [0.5, 0.6) is 0 Å². The lowest BCUT2D eigenvalue weighted by Crippen LogP contribution is -2.53. The van der Waals surface area contributed by atoms with Crippen LogP contribution < -0.4 is 15.5 Å². The molecule has 2 rings (SSSR count). The minimum absolute atomic E-state index is 0. The zero-order chi connectivity index (χ0) is 16.7. The molecule has 2 N–H and O–H groups in total. The molecule has 1 aliphatic heterocycles. The number of carbonyl (C=O) groups excluding carboxylic acids is 1. The molecule has 0 unspecified atom stereocenters. The van der Waals surface area contributed by atoms with Crippen molar-refractivity contribution in [3.05, 3.63) is 17.5 Å². The van der Waals surface area contributed by atoms with Gasteiger partial charge in [0.25, 0.3) is 0 Å². The maximum atomic E-state index is 11.5. The molecule has 1 aliphatic rings. The predicted molar refractivity (Wildman–Crippen MR) is 113 cm³/mol. The number of guanidine groups is 1. The normalized spacial score (nSPS) is 15.2. The van der Waals surface area contributed by atoms with Crippen molar-refractivity contribution >= 4 is 52.2 Å². The van der Waals surface area contributed by atoms with Gasteiger partial charge in [-0.25, -0.2) is 0 Å². The van der Waals surface area contributed by atoms with Gasteiger partial charge in [0.1, 0.15) is 0 Å². The highest BCUT2D eigenvalue weighted by Crippen LogP contribution is 2.22. The van der Waals surface area contributed by atoms with E-state index < -0.39 is 0 Å². The molecule has 1 aromatic heterocycles. The summed E-state index contributed by atoms with van der Waals surface area (Å²) in [5.41, 5.74) is 0. The van der Waals surface area contributed by atoms with Crippen molar-refractivity contribution in [2.45, 2.75) is 13.8 Å². The third-order valence-corrected chi connectivity index (χ3v) is 4.77. The number of rotatable bonds is 5. The standard InChI is InChI=1S/C16H27N5OS.HI/c1-13(2)15(22)18-6-7-19-16(17-3)21-10-8-20(9-11-21)14-5-4-12-23-14;/h4-5,12-13H,6-11H2,1-3H3,(H,17,19)(H,18,22);1H. The topological polar surface area (TPSA) is 60.0 Å². The Balaban J connectivity index is 0.00000288. The summed E-state index contributed by atoms with van der Waals surface area (Å²) in [6, 6.07) is 4.27. The summed E-state index contributed by atoms with van der Waals surface area (Å²) >= 11 is 1.79. The number of hydrogen-bond acceptors (Lipinski definition) is 4.